The number of hydrogen-bond acceptors (Lipinski definition) is 3. The van der Waals surface area contributed by atoms with Crippen LogP contribution in [0.25, 0.3) is 0 Å². The van der Waals surface area contributed by atoms with Crippen LogP contribution >= 0.6 is 11.6 Å². The second-order valence-electron chi connectivity index (χ2n) is 5.34. The van der Waals surface area contributed by atoms with Crippen LogP contribution in [-0.4, -0.2) is 24.4 Å². The van der Waals surface area contributed by atoms with Gasteiger partial charge in [-0.05, 0) is 30.2 Å². The highest BCUT2D eigenvalue weighted by atomic mass is 35.5. The molecule has 4 heteroatoms. The molecule has 0 aromatic heterocycles. The molecule has 0 heterocycles. The van der Waals surface area contributed by atoms with Gasteiger partial charge in [-0.1, -0.05) is 54.1 Å². The van der Waals surface area contributed by atoms with E-state index in [2.05, 4.69) is 24.4 Å². The van der Waals surface area contributed by atoms with Crippen molar-refractivity contribution in [1.82, 2.24) is 5.32 Å². The third-order valence-corrected chi connectivity index (χ3v) is 3.70. The Balaban J connectivity index is 1.65. The first kappa shape index (κ1) is 17.0. The van der Waals surface area contributed by atoms with Crippen LogP contribution in [0.15, 0.2) is 54.6 Å². The van der Waals surface area contributed by atoms with E-state index in [0.29, 0.717) is 24.8 Å². The molecular weight excluding hydrogens is 298 g/mol. The van der Waals surface area contributed by atoms with Crippen LogP contribution in [0.3, 0.4) is 0 Å². The molecule has 118 valence electrons. The van der Waals surface area contributed by atoms with Crippen molar-refractivity contribution in [2.24, 2.45) is 0 Å². The van der Waals surface area contributed by atoms with Crippen LogP contribution in [0.4, 0.5) is 0 Å². The Bertz CT molecular complexity index is 545. The van der Waals surface area contributed by atoms with E-state index in [-0.39, 0.29) is 6.04 Å². The van der Waals surface area contributed by atoms with Crippen molar-refractivity contribution in [2.45, 2.75) is 25.7 Å². The first-order chi connectivity index (χ1) is 10.6. The third-order valence-electron chi connectivity index (χ3n) is 3.45. The summed E-state index contributed by atoms with van der Waals surface area (Å²) in [6.45, 7) is 3.35. The fourth-order valence-corrected chi connectivity index (χ4v) is 2.25. The van der Waals surface area contributed by atoms with Gasteiger partial charge in [0.15, 0.2) is 0 Å². The van der Waals surface area contributed by atoms with E-state index in [4.69, 9.17) is 16.3 Å². The number of halogens is 1. The van der Waals surface area contributed by atoms with Crippen molar-refractivity contribution in [1.29, 1.82) is 0 Å². The summed E-state index contributed by atoms with van der Waals surface area (Å²) < 4.78 is 5.53. The van der Waals surface area contributed by atoms with Crippen LogP contribution in [0.5, 0.6) is 0 Å². The second kappa shape index (κ2) is 8.91. The molecule has 0 aliphatic rings. The minimum Gasteiger partial charge on any atom is -0.389 e. The molecule has 0 aliphatic heterocycles. The average Bonchev–Trinajstić information content (AvgIpc) is 2.55. The molecule has 0 saturated carbocycles. The predicted octanol–water partition coefficient (Wildman–Crippen LogP) is 3.57. The molecule has 2 aromatic rings. The van der Waals surface area contributed by atoms with Crippen molar-refractivity contribution < 1.29 is 9.84 Å². The lowest BCUT2D eigenvalue weighted by molar-refractivity contribution is 0.0278. The Morgan fingerprint density at radius 2 is 1.77 bits per heavy atom. The molecule has 2 rings (SSSR count). The topological polar surface area (TPSA) is 41.5 Å². The van der Waals surface area contributed by atoms with E-state index in [1.807, 2.05) is 42.5 Å². The van der Waals surface area contributed by atoms with Gasteiger partial charge < -0.3 is 15.2 Å². The molecule has 22 heavy (non-hydrogen) atoms. The number of hydrogen-bond donors (Lipinski definition) is 2. The molecule has 0 radical (unpaired) electrons. The molecule has 0 fully saturated rings. The summed E-state index contributed by atoms with van der Waals surface area (Å²) in [6.07, 6.45) is -0.529. The fourth-order valence-electron chi connectivity index (χ4n) is 2.12. The van der Waals surface area contributed by atoms with Gasteiger partial charge >= 0.3 is 0 Å². The summed E-state index contributed by atoms with van der Waals surface area (Å²) in [5.41, 5.74) is 2.25. The predicted molar refractivity (Wildman–Crippen MR) is 90.0 cm³/mol. The van der Waals surface area contributed by atoms with Gasteiger partial charge in [0.05, 0.1) is 19.3 Å². The lowest BCUT2D eigenvalue weighted by Crippen LogP contribution is -2.32. The quantitative estimate of drug-likeness (QED) is 0.781. The second-order valence-corrected chi connectivity index (χ2v) is 5.77. The number of nitrogens with one attached hydrogen (secondary N) is 1. The van der Waals surface area contributed by atoms with Crippen molar-refractivity contribution in [3.8, 4) is 0 Å². The first-order valence-electron chi connectivity index (χ1n) is 7.43. The minimum atomic E-state index is -0.529. The lowest BCUT2D eigenvalue weighted by atomic mass is 10.1. The molecule has 0 unspecified atom stereocenters. The summed E-state index contributed by atoms with van der Waals surface area (Å²) in [5.74, 6) is 0. The van der Waals surface area contributed by atoms with Crippen molar-refractivity contribution in [3.05, 3.63) is 70.7 Å². The molecule has 0 spiro atoms. The van der Waals surface area contributed by atoms with E-state index in [0.717, 1.165) is 5.56 Å². The molecule has 0 saturated heterocycles. The van der Waals surface area contributed by atoms with E-state index in [1.54, 1.807) is 0 Å². The zero-order valence-electron chi connectivity index (χ0n) is 12.7. The van der Waals surface area contributed by atoms with Gasteiger partial charge in [-0.15, -0.1) is 0 Å². The number of rotatable bonds is 8. The SMILES string of the molecule is C[C@@H](NC[C@H](O)COCc1ccc(Cl)cc1)c1ccccc1. The van der Waals surface area contributed by atoms with E-state index in [1.165, 1.54) is 5.56 Å². The normalized spacial score (nSPS) is 13.8. The Labute approximate surface area is 136 Å². The Hall–Kier alpha value is -1.39. The summed E-state index contributed by atoms with van der Waals surface area (Å²) in [7, 11) is 0. The molecule has 2 aromatic carbocycles. The number of benzene rings is 2. The monoisotopic (exact) mass is 319 g/mol. The Morgan fingerprint density at radius 3 is 2.45 bits per heavy atom. The van der Waals surface area contributed by atoms with E-state index >= 15 is 0 Å². The summed E-state index contributed by atoms with van der Waals surface area (Å²) in [5, 5.41) is 14.0. The highest BCUT2D eigenvalue weighted by Gasteiger charge is 2.08. The zero-order valence-corrected chi connectivity index (χ0v) is 13.5. The first-order valence-corrected chi connectivity index (χ1v) is 7.81. The lowest BCUT2D eigenvalue weighted by Gasteiger charge is -2.17. The number of aliphatic hydroxyl groups excluding tert-OH is 1. The Morgan fingerprint density at radius 1 is 1.09 bits per heavy atom. The van der Waals surface area contributed by atoms with Gasteiger partial charge in [-0.3, -0.25) is 0 Å². The maximum absolute atomic E-state index is 9.96. The van der Waals surface area contributed by atoms with Crippen molar-refractivity contribution in [3.63, 3.8) is 0 Å². The molecule has 0 aliphatic carbocycles. The van der Waals surface area contributed by atoms with Gasteiger partial charge in [0.2, 0.25) is 0 Å². The summed E-state index contributed by atoms with van der Waals surface area (Å²) in [4.78, 5) is 0. The van der Waals surface area contributed by atoms with Crippen LogP contribution in [-0.2, 0) is 11.3 Å². The van der Waals surface area contributed by atoms with Gasteiger partial charge in [0.1, 0.15) is 0 Å². The van der Waals surface area contributed by atoms with Gasteiger partial charge in [0, 0.05) is 17.6 Å². The standard InChI is InChI=1S/C18H22ClNO2/c1-14(16-5-3-2-4-6-16)20-11-18(21)13-22-12-15-7-9-17(19)10-8-15/h2-10,14,18,20-21H,11-13H2,1H3/t14-,18+/m1/s1. The molecule has 0 bridgehead atoms. The van der Waals surface area contributed by atoms with Crippen LogP contribution in [0.2, 0.25) is 5.02 Å². The molecule has 2 atom stereocenters. The van der Waals surface area contributed by atoms with E-state index in [9.17, 15) is 5.11 Å². The maximum Gasteiger partial charge on any atom is 0.0898 e. The molecule has 3 nitrogen and oxygen atoms in total. The van der Waals surface area contributed by atoms with Crippen molar-refractivity contribution in [2.75, 3.05) is 13.2 Å². The molecular formula is C18H22ClNO2. The van der Waals surface area contributed by atoms with Crippen LogP contribution in [0.1, 0.15) is 24.1 Å². The molecule has 0 amide bonds. The van der Waals surface area contributed by atoms with Crippen LogP contribution < -0.4 is 5.32 Å². The fraction of sp³-hybridized carbons (Fsp3) is 0.333. The summed E-state index contributed by atoms with van der Waals surface area (Å²) >= 11 is 5.83. The number of ether oxygens (including phenoxy) is 1. The largest absolute Gasteiger partial charge is 0.389 e. The smallest absolute Gasteiger partial charge is 0.0898 e. The van der Waals surface area contributed by atoms with Crippen LogP contribution in [0, 0.1) is 0 Å². The van der Waals surface area contributed by atoms with E-state index < -0.39 is 6.10 Å². The average molecular weight is 320 g/mol. The van der Waals surface area contributed by atoms with Gasteiger partial charge in [-0.2, -0.15) is 0 Å². The number of aliphatic hydroxyl groups is 1. The zero-order chi connectivity index (χ0) is 15.8. The summed E-state index contributed by atoms with van der Waals surface area (Å²) in [6, 6.07) is 17.9. The molecule has 2 N–H and O–H groups in total. The highest BCUT2D eigenvalue weighted by Crippen LogP contribution is 2.12. The Kier molecular flexibility index (Phi) is 6.87. The maximum atomic E-state index is 9.96. The highest BCUT2D eigenvalue weighted by molar-refractivity contribution is 6.30. The van der Waals surface area contributed by atoms with Gasteiger partial charge in [0.25, 0.3) is 0 Å². The van der Waals surface area contributed by atoms with Crippen molar-refractivity contribution >= 4 is 11.6 Å². The minimum absolute atomic E-state index is 0.201. The third kappa shape index (κ3) is 5.78. The van der Waals surface area contributed by atoms with Gasteiger partial charge in [-0.25, -0.2) is 0 Å².